The first-order valence-corrected chi connectivity index (χ1v) is 10.9. The lowest BCUT2D eigenvalue weighted by molar-refractivity contribution is -0.128. The lowest BCUT2D eigenvalue weighted by Gasteiger charge is -2.38. The molecular formula is C25H30N2O2. The monoisotopic (exact) mass is 390 g/mol. The molecule has 2 amide bonds. The number of hydrogen-bond donors (Lipinski definition) is 1. The summed E-state index contributed by atoms with van der Waals surface area (Å²) in [5.74, 6) is 0.209. The molecule has 152 valence electrons. The highest BCUT2D eigenvalue weighted by Crippen LogP contribution is 2.39. The summed E-state index contributed by atoms with van der Waals surface area (Å²) < 4.78 is 0. The zero-order valence-corrected chi connectivity index (χ0v) is 17.0. The van der Waals surface area contributed by atoms with Crippen LogP contribution < -0.4 is 5.32 Å². The maximum Gasteiger partial charge on any atom is 0.251 e. The number of benzene rings is 2. The highest BCUT2D eigenvalue weighted by molar-refractivity contribution is 5.94. The number of nitrogens with zero attached hydrogens (tertiary/aromatic N) is 1. The van der Waals surface area contributed by atoms with Gasteiger partial charge in [0.05, 0.1) is 0 Å². The Labute approximate surface area is 173 Å². The fourth-order valence-corrected chi connectivity index (χ4v) is 4.79. The molecule has 0 aromatic heterocycles. The molecule has 29 heavy (non-hydrogen) atoms. The number of nitrogens with one attached hydrogen (secondary N) is 1. The number of carbonyl (C=O) groups is 2. The van der Waals surface area contributed by atoms with E-state index in [0.29, 0.717) is 25.1 Å². The summed E-state index contributed by atoms with van der Waals surface area (Å²) in [6, 6.07) is 18.3. The number of rotatable bonds is 6. The predicted molar refractivity (Wildman–Crippen MR) is 115 cm³/mol. The van der Waals surface area contributed by atoms with Gasteiger partial charge in [0.15, 0.2) is 0 Å². The summed E-state index contributed by atoms with van der Waals surface area (Å²) >= 11 is 0. The van der Waals surface area contributed by atoms with Crippen molar-refractivity contribution in [1.82, 2.24) is 10.2 Å². The molecule has 0 unspecified atom stereocenters. The average molecular weight is 391 g/mol. The fraction of sp³-hybridized carbons (Fsp3) is 0.440. The standard InChI is InChI=1S/C25H30N2O2/c28-23-10-7-17-27(23)18-20-11-13-21(14-12-20)24(29)26-19-25(15-5-2-6-16-25)22-8-3-1-4-9-22/h1,3-4,8-9,11-14H,2,5-7,10,15-19H2,(H,26,29). The smallest absolute Gasteiger partial charge is 0.251 e. The van der Waals surface area contributed by atoms with Gasteiger partial charge in [-0.3, -0.25) is 9.59 Å². The Morgan fingerprint density at radius 1 is 0.931 bits per heavy atom. The van der Waals surface area contributed by atoms with Crippen LogP contribution in [0.15, 0.2) is 54.6 Å². The van der Waals surface area contributed by atoms with Crippen molar-refractivity contribution in [3.05, 3.63) is 71.3 Å². The second kappa shape index (κ2) is 8.81. The second-order valence-electron chi connectivity index (χ2n) is 8.51. The van der Waals surface area contributed by atoms with Crippen molar-refractivity contribution >= 4 is 11.8 Å². The highest BCUT2D eigenvalue weighted by Gasteiger charge is 2.34. The quantitative estimate of drug-likeness (QED) is 0.793. The van der Waals surface area contributed by atoms with Gasteiger partial charge in [0.2, 0.25) is 5.91 Å². The van der Waals surface area contributed by atoms with E-state index in [9.17, 15) is 9.59 Å². The Kier molecular flexibility index (Phi) is 5.98. The van der Waals surface area contributed by atoms with E-state index in [1.807, 2.05) is 29.2 Å². The third kappa shape index (κ3) is 4.52. The van der Waals surface area contributed by atoms with Crippen molar-refractivity contribution in [2.75, 3.05) is 13.1 Å². The van der Waals surface area contributed by atoms with Gasteiger partial charge in [-0.05, 0) is 42.5 Å². The summed E-state index contributed by atoms with van der Waals surface area (Å²) in [4.78, 5) is 26.5. The topological polar surface area (TPSA) is 49.4 Å². The van der Waals surface area contributed by atoms with Crippen LogP contribution in [0.3, 0.4) is 0 Å². The molecule has 1 N–H and O–H groups in total. The summed E-state index contributed by atoms with van der Waals surface area (Å²) in [5, 5.41) is 3.20. The molecule has 1 aliphatic carbocycles. The predicted octanol–water partition coefficient (Wildman–Crippen LogP) is 4.44. The largest absolute Gasteiger partial charge is 0.351 e. The molecule has 4 rings (SSSR count). The molecule has 2 fully saturated rings. The molecule has 0 atom stereocenters. The van der Waals surface area contributed by atoms with Crippen LogP contribution in [-0.2, 0) is 16.8 Å². The van der Waals surface area contributed by atoms with Crippen molar-refractivity contribution in [1.29, 1.82) is 0 Å². The van der Waals surface area contributed by atoms with Gasteiger partial charge in [-0.15, -0.1) is 0 Å². The maximum absolute atomic E-state index is 12.8. The maximum atomic E-state index is 12.8. The minimum atomic E-state index is -0.0188. The lowest BCUT2D eigenvalue weighted by atomic mass is 9.69. The van der Waals surface area contributed by atoms with E-state index in [4.69, 9.17) is 0 Å². The zero-order valence-electron chi connectivity index (χ0n) is 17.0. The Hall–Kier alpha value is -2.62. The highest BCUT2D eigenvalue weighted by atomic mass is 16.2. The molecule has 1 saturated heterocycles. The normalized spacial score (nSPS) is 18.6. The Morgan fingerprint density at radius 2 is 1.66 bits per heavy atom. The van der Waals surface area contributed by atoms with Crippen molar-refractivity contribution in [3.63, 3.8) is 0 Å². The molecule has 0 radical (unpaired) electrons. The summed E-state index contributed by atoms with van der Waals surface area (Å²) in [5.41, 5.74) is 3.14. The van der Waals surface area contributed by atoms with Gasteiger partial charge in [-0.25, -0.2) is 0 Å². The molecule has 4 nitrogen and oxygen atoms in total. The van der Waals surface area contributed by atoms with Gasteiger partial charge in [-0.1, -0.05) is 61.7 Å². The van der Waals surface area contributed by atoms with E-state index < -0.39 is 0 Å². The van der Waals surface area contributed by atoms with Gasteiger partial charge in [-0.2, -0.15) is 0 Å². The Morgan fingerprint density at radius 3 is 2.31 bits per heavy atom. The van der Waals surface area contributed by atoms with Crippen LogP contribution in [0.4, 0.5) is 0 Å². The molecule has 2 aromatic carbocycles. The van der Waals surface area contributed by atoms with E-state index in [-0.39, 0.29) is 17.2 Å². The Bertz CT molecular complexity index is 839. The minimum absolute atomic E-state index is 0.0188. The number of hydrogen-bond acceptors (Lipinski definition) is 2. The molecule has 4 heteroatoms. The van der Waals surface area contributed by atoms with Gasteiger partial charge in [0, 0.05) is 37.0 Å². The van der Waals surface area contributed by atoms with E-state index in [1.165, 1.54) is 24.8 Å². The average Bonchev–Trinajstić information content (AvgIpc) is 3.18. The van der Waals surface area contributed by atoms with Crippen molar-refractivity contribution in [2.24, 2.45) is 0 Å². The molecule has 1 heterocycles. The minimum Gasteiger partial charge on any atom is -0.351 e. The first kappa shape index (κ1) is 19.7. The van der Waals surface area contributed by atoms with Crippen LogP contribution in [-0.4, -0.2) is 29.8 Å². The van der Waals surface area contributed by atoms with E-state index >= 15 is 0 Å². The molecular weight excluding hydrogens is 360 g/mol. The van der Waals surface area contributed by atoms with Crippen LogP contribution >= 0.6 is 0 Å². The first-order valence-electron chi connectivity index (χ1n) is 10.9. The van der Waals surface area contributed by atoms with Crippen LogP contribution in [0.5, 0.6) is 0 Å². The number of likely N-dealkylation sites (tertiary alicyclic amines) is 1. The molecule has 0 bridgehead atoms. The van der Waals surface area contributed by atoms with E-state index in [1.54, 1.807) is 0 Å². The third-order valence-electron chi connectivity index (χ3n) is 6.55. The number of carbonyl (C=O) groups excluding carboxylic acids is 2. The summed E-state index contributed by atoms with van der Waals surface area (Å²) in [7, 11) is 0. The molecule has 1 saturated carbocycles. The van der Waals surface area contributed by atoms with Crippen molar-refractivity contribution in [3.8, 4) is 0 Å². The van der Waals surface area contributed by atoms with Crippen LogP contribution in [0.2, 0.25) is 0 Å². The van der Waals surface area contributed by atoms with Crippen LogP contribution in [0.25, 0.3) is 0 Å². The molecule has 2 aromatic rings. The third-order valence-corrected chi connectivity index (χ3v) is 6.55. The molecule has 0 spiro atoms. The van der Waals surface area contributed by atoms with Crippen LogP contribution in [0.1, 0.15) is 66.4 Å². The SMILES string of the molecule is O=C(NCC1(c2ccccc2)CCCCC1)c1ccc(CN2CCCC2=O)cc1. The summed E-state index contributed by atoms with van der Waals surface area (Å²) in [6.45, 7) is 2.15. The molecule has 1 aliphatic heterocycles. The Balaban J connectivity index is 1.40. The first-order chi connectivity index (χ1) is 14.2. The lowest BCUT2D eigenvalue weighted by Crippen LogP contribution is -2.42. The molecule has 2 aliphatic rings. The zero-order chi connectivity index (χ0) is 20.1. The van der Waals surface area contributed by atoms with Gasteiger partial charge >= 0.3 is 0 Å². The van der Waals surface area contributed by atoms with Crippen LogP contribution in [0, 0.1) is 0 Å². The van der Waals surface area contributed by atoms with E-state index in [0.717, 1.165) is 31.4 Å². The number of amides is 2. The van der Waals surface area contributed by atoms with Gasteiger partial charge in [0.1, 0.15) is 0 Å². The second-order valence-corrected chi connectivity index (χ2v) is 8.51. The summed E-state index contributed by atoms with van der Waals surface area (Å²) in [6.07, 6.45) is 7.57. The van der Waals surface area contributed by atoms with Crippen molar-refractivity contribution in [2.45, 2.75) is 56.9 Å². The van der Waals surface area contributed by atoms with Gasteiger partial charge < -0.3 is 10.2 Å². The van der Waals surface area contributed by atoms with E-state index in [2.05, 4.69) is 35.6 Å². The fourth-order valence-electron chi connectivity index (χ4n) is 4.79. The van der Waals surface area contributed by atoms with Crippen molar-refractivity contribution < 1.29 is 9.59 Å². The van der Waals surface area contributed by atoms with Gasteiger partial charge in [0.25, 0.3) is 5.91 Å².